The lowest BCUT2D eigenvalue weighted by atomic mass is 9.94. The molecule has 2 aromatic heterocycles. The maximum absolute atomic E-state index is 10.0. The monoisotopic (exact) mass is 262 g/mol. The molecule has 0 fully saturated rings. The summed E-state index contributed by atoms with van der Waals surface area (Å²) in [6.45, 7) is 4.38. The van der Waals surface area contributed by atoms with Crippen LogP contribution in [-0.2, 0) is 12.0 Å². The third kappa shape index (κ3) is 1.71. The Balaban J connectivity index is 2.08. The van der Waals surface area contributed by atoms with Crippen LogP contribution >= 0.6 is 11.3 Å². The normalized spacial score (nSPS) is 19.8. The first kappa shape index (κ1) is 11.9. The summed E-state index contributed by atoms with van der Waals surface area (Å²) in [4.78, 5) is 4.45. The Morgan fingerprint density at radius 2 is 2.33 bits per heavy atom. The Morgan fingerprint density at radius 1 is 1.50 bits per heavy atom. The van der Waals surface area contributed by atoms with Crippen molar-refractivity contribution < 1.29 is 5.11 Å². The van der Waals surface area contributed by atoms with E-state index in [2.05, 4.69) is 35.7 Å². The van der Waals surface area contributed by atoms with Crippen molar-refractivity contribution in [2.24, 2.45) is 0 Å². The summed E-state index contributed by atoms with van der Waals surface area (Å²) in [7, 11) is 0. The first-order chi connectivity index (χ1) is 8.60. The first-order valence-corrected chi connectivity index (χ1v) is 7.27. The highest BCUT2D eigenvalue weighted by atomic mass is 32.1. The number of hydrogen-bond donors (Lipinski definition) is 1. The maximum atomic E-state index is 10.0. The molecule has 1 aliphatic carbocycles. The van der Waals surface area contributed by atoms with Crippen LogP contribution in [-0.4, -0.2) is 14.7 Å². The van der Waals surface area contributed by atoms with Gasteiger partial charge in [-0.3, -0.25) is 0 Å². The third-order valence-corrected chi connectivity index (χ3v) is 4.92. The van der Waals surface area contributed by atoms with Gasteiger partial charge in [0.2, 0.25) is 0 Å². The molecule has 2 heterocycles. The summed E-state index contributed by atoms with van der Waals surface area (Å²) in [5.41, 5.74) is 2.23. The molecule has 1 N–H and O–H groups in total. The molecule has 0 aromatic carbocycles. The number of nitrogens with zero attached hydrogens (tertiary/aromatic N) is 2. The molecule has 0 saturated heterocycles. The van der Waals surface area contributed by atoms with Gasteiger partial charge in [-0.1, -0.05) is 0 Å². The fourth-order valence-corrected chi connectivity index (χ4v) is 3.58. The fourth-order valence-electron chi connectivity index (χ4n) is 2.82. The second kappa shape index (κ2) is 4.21. The predicted molar refractivity (Wildman–Crippen MR) is 72.9 cm³/mol. The molecule has 0 bridgehead atoms. The molecule has 3 nitrogen and oxygen atoms in total. The molecule has 1 unspecified atom stereocenters. The van der Waals surface area contributed by atoms with E-state index in [1.165, 1.54) is 5.69 Å². The molecule has 96 valence electrons. The quantitative estimate of drug-likeness (QED) is 0.903. The van der Waals surface area contributed by atoms with E-state index >= 15 is 0 Å². The number of fused-ring (bicyclic) bond motifs is 1. The van der Waals surface area contributed by atoms with Crippen molar-refractivity contribution in [2.45, 2.75) is 44.8 Å². The van der Waals surface area contributed by atoms with Crippen LogP contribution in [0.3, 0.4) is 0 Å². The number of hydrogen-bond acceptors (Lipinski definition) is 3. The van der Waals surface area contributed by atoms with E-state index in [0.29, 0.717) is 0 Å². The third-order valence-electron chi connectivity index (χ3n) is 3.84. The average Bonchev–Trinajstić information content (AvgIpc) is 2.99. The van der Waals surface area contributed by atoms with E-state index in [0.717, 1.165) is 29.8 Å². The van der Waals surface area contributed by atoms with E-state index in [9.17, 15) is 5.11 Å². The van der Waals surface area contributed by atoms with Crippen molar-refractivity contribution in [3.8, 4) is 0 Å². The van der Waals surface area contributed by atoms with Gasteiger partial charge >= 0.3 is 0 Å². The molecule has 2 aromatic rings. The number of aliphatic hydroxyl groups excluding tert-OH is 1. The number of thiazole rings is 1. The predicted octanol–water partition coefficient (Wildman–Crippen LogP) is 3.10. The highest BCUT2D eigenvalue weighted by Gasteiger charge is 2.31. The lowest BCUT2D eigenvalue weighted by Crippen LogP contribution is -2.29. The van der Waals surface area contributed by atoms with Crippen molar-refractivity contribution in [3.05, 3.63) is 40.1 Å². The van der Waals surface area contributed by atoms with E-state index < -0.39 is 0 Å². The molecule has 1 atom stereocenters. The molecule has 0 spiro atoms. The Kier molecular flexibility index (Phi) is 2.79. The van der Waals surface area contributed by atoms with E-state index in [1.54, 1.807) is 11.3 Å². The summed E-state index contributed by atoms with van der Waals surface area (Å²) in [6, 6.07) is 2.06. The van der Waals surface area contributed by atoms with Crippen LogP contribution in [0.2, 0.25) is 0 Å². The highest BCUT2D eigenvalue weighted by Crippen LogP contribution is 2.36. The highest BCUT2D eigenvalue weighted by molar-refractivity contribution is 7.09. The minimum absolute atomic E-state index is 0.140. The zero-order valence-electron chi connectivity index (χ0n) is 10.8. The Hall–Kier alpha value is -1.13. The lowest BCUT2D eigenvalue weighted by Gasteiger charge is -2.29. The molecular formula is C14H18N2OS. The van der Waals surface area contributed by atoms with Crippen LogP contribution in [0.5, 0.6) is 0 Å². The number of rotatable bonds is 2. The summed E-state index contributed by atoms with van der Waals surface area (Å²) in [5, 5.41) is 13.2. The van der Waals surface area contributed by atoms with Gasteiger partial charge in [-0.05, 0) is 39.2 Å². The van der Waals surface area contributed by atoms with Gasteiger partial charge < -0.3 is 9.67 Å². The molecular weight excluding hydrogens is 244 g/mol. The number of aromatic nitrogens is 2. The van der Waals surface area contributed by atoms with Crippen LogP contribution in [0.4, 0.5) is 0 Å². The average molecular weight is 262 g/mol. The van der Waals surface area contributed by atoms with E-state index in [-0.39, 0.29) is 11.6 Å². The van der Waals surface area contributed by atoms with Crippen LogP contribution in [0.25, 0.3) is 0 Å². The summed E-state index contributed by atoms with van der Waals surface area (Å²) >= 11 is 1.69. The van der Waals surface area contributed by atoms with Gasteiger partial charge in [-0.15, -0.1) is 11.3 Å². The standard InChI is InChI=1S/C14H18N2OS/c1-14(2,13-15-7-9-18-13)16-8-6-10-11(16)4-3-5-12(10)17/h6-9,12,17H,3-5H2,1-2H3. The van der Waals surface area contributed by atoms with E-state index in [1.807, 2.05) is 11.6 Å². The maximum Gasteiger partial charge on any atom is 0.118 e. The van der Waals surface area contributed by atoms with Crippen molar-refractivity contribution in [1.82, 2.24) is 9.55 Å². The van der Waals surface area contributed by atoms with Crippen LogP contribution in [0, 0.1) is 0 Å². The van der Waals surface area contributed by atoms with Crippen molar-refractivity contribution in [1.29, 1.82) is 0 Å². The van der Waals surface area contributed by atoms with Gasteiger partial charge in [-0.25, -0.2) is 4.98 Å². The zero-order valence-corrected chi connectivity index (χ0v) is 11.6. The Morgan fingerprint density at radius 3 is 3.06 bits per heavy atom. The molecule has 3 rings (SSSR count). The van der Waals surface area contributed by atoms with Crippen molar-refractivity contribution >= 4 is 11.3 Å². The van der Waals surface area contributed by atoms with Gasteiger partial charge in [0.1, 0.15) is 5.01 Å². The summed E-state index contributed by atoms with van der Waals surface area (Å²) in [6.07, 6.45) is 6.66. The smallest absolute Gasteiger partial charge is 0.118 e. The van der Waals surface area contributed by atoms with Crippen molar-refractivity contribution in [2.75, 3.05) is 0 Å². The molecule has 4 heteroatoms. The fraction of sp³-hybridized carbons (Fsp3) is 0.500. The Labute approximate surface area is 111 Å². The molecule has 0 radical (unpaired) electrons. The largest absolute Gasteiger partial charge is 0.388 e. The minimum atomic E-state index is -0.290. The second-order valence-corrected chi connectivity index (χ2v) is 6.29. The zero-order chi connectivity index (χ0) is 12.8. The van der Waals surface area contributed by atoms with Gasteiger partial charge in [0.15, 0.2) is 0 Å². The van der Waals surface area contributed by atoms with Crippen LogP contribution in [0.1, 0.15) is 49.1 Å². The lowest BCUT2D eigenvalue weighted by molar-refractivity contribution is 0.155. The minimum Gasteiger partial charge on any atom is -0.388 e. The molecule has 18 heavy (non-hydrogen) atoms. The first-order valence-electron chi connectivity index (χ1n) is 6.39. The summed E-state index contributed by atoms with van der Waals surface area (Å²) in [5.74, 6) is 0. The van der Waals surface area contributed by atoms with Crippen molar-refractivity contribution in [3.63, 3.8) is 0 Å². The van der Waals surface area contributed by atoms with Gasteiger partial charge in [0, 0.05) is 29.0 Å². The molecule has 1 aliphatic rings. The second-order valence-electron chi connectivity index (χ2n) is 5.39. The van der Waals surface area contributed by atoms with Gasteiger partial charge in [0.25, 0.3) is 0 Å². The molecule has 0 saturated carbocycles. The number of aliphatic hydroxyl groups is 1. The Bertz CT molecular complexity index is 542. The van der Waals surface area contributed by atoms with Gasteiger partial charge in [-0.2, -0.15) is 0 Å². The van der Waals surface area contributed by atoms with Crippen LogP contribution < -0.4 is 0 Å². The van der Waals surface area contributed by atoms with E-state index in [4.69, 9.17) is 0 Å². The SMILES string of the molecule is CC(C)(c1nccs1)n1ccc2c1CCCC2O. The summed E-state index contributed by atoms with van der Waals surface area (Å²) < 4.78 is 2.28. The topological polar surface area (TPSA) is 38.0 Å². The van der Waals surface area contributed by atoms with Gasteiger partial charge in [0.05, 0.1) is 11.6 Å². The van der Waals surface area contributed by atoms with Crippen LogP contribution in [0.15, 0.2) is 23.8 Å². The molecule has 0 amide bonds. The molecule has 0 aliphatic heterocycles.